The van der Waals surface area contributed by atoms with Gasteiger partial charge in [-0.2, -0.15) is 0 Å². The monoisotopic (exact) mass is 180 g/mol. The summed E-state index contributed by atoms with van der Waals surface area (Å²) in [6.45, 7) is 0. The number of nitrogens with zero attached hydrogens (tertiary/aromatic N) is 3. The molecule has 2 rings (SSSR count). The van der Waals surface area contributed by atoms with E-state index in [0.29, 0.717) is 5.65 Å². The number of nitrogens with two attached hydrogens (primary N) is 2. The standard InChI is InChI=1S/C5H4N4.CH4N2O/c1-4-5(8-2-6-1)9-3-7-4;2-1(3)4/h1-3H,(H,6,7,8,9);(H4,2,3,4). The molecular weight excluding hydrogens is 172 g/mol. The molecule has 0 saturated carbocycles. The minimum Gasteiger partial charge on any atom is -0.352 e. The Kier molecular flexibility index (Phi) is 2.74. The van der Waals surface area contributed by atoms with Gasteiger partial charge in [-0.1, -0.05) is 0 Å². The summed E-state index contributed by atoms with van der Waals surface area (Å²) in [7, 11) is 0. The van der Waals surface area contributed by atoms with Gasteiger partial charge in [0.1, 0.15) is 11.8 Å². The van der Waals surface area contributed by atoms with Gasteiger partial charge >= 0.3 is 6.03 Å². The molecule has 2 aromatic rings. The molecule has 2 aromatic heterocycles. The fourth-order valence-electron chi connectivity index (χ4n) is 0.691. The topological polar surface area (TPSA) is 124 Å². The number of fused-ring (bicyclic) bond motifs is 1. The second-order valence-corrected chi connectivity index (χ2v) is 2.06. The number of hydrogen-bond donors (Lipinski definition) is 3. The third-order valence-electron chi connectivity index (χ3n) is 1.10. The number of primary amides is 2. The highest BCUT2D eigenvalue weighted by Gasteiger charge is 1.91. The highest BCUT2D eigenvalue weighted by atomic mass is 16.2. The van der Waals surface area contributed by atoms with E-state index in [0.717, 1.165) is 5.52 Å². The molecule has 0 aromatic carbocycles. The molecule has 68 valence electrons. The van der Waals surface area contributed by atoms with E-state index in [1.807, 2.05) is 0 Å². The van der Waals surface area contributed by atoms with E-state index in [2.05, 4.69) is 31.4 Å². The third-order valence-corrected chi connectivity index (χ3v) is 1.10. The molecule has 0 atom stereocenters. The zero-order valence-corrected chi connectivity index (χ0v) is 6.64. The molecule has 7 nitrogen and oxygen atoms in total. The molecule has 2 heterocycles. The molecule has 0 aliphatic heterocycles. The van der Waals surface area contributed by atoms with Crippen LogP contribution in [0.25, 0.3) is 11.2 Å². The predicted molar refractivity (Wildman–Crippen MR) is 45.5 cm³/mol. The smallest absolute Gasteiger partial charge is 0.309 e. The van der Waals surface area contributed by atoms with E-state index in [1.54, 1.807) is 12.5 Å². The zero-order valence-electron chi connectivity index (χ0n) is 6.64. The number of nitrogens with one attached hydrogen (secondary N) is 1. The normalized spacial score (nSPS) is 8.92. The number of H-pyrrole nitrogens is 1. The van der Waals surface area contributed by atoms with Crippen molar-refractivity contribution in [1.82, 2.24) is 19.9 Å². The molecule has 13 heavy (non-hydrogen) atoms. The Morgan fingerprint density at radius 2 is 2.08 bits per heavy atom. The van der Waals surface area contributed by atoms with Crippen LogP contribution in [0.1, 0.15) is 0 Å². The Balaban J connectivity index is 0.000000184. The maximum atomic E-state index is 9.00. The Morgan fingerprint density at radius 1 is 1.38 bits per heavy atom. The first-order valence-electron chi connectivity index (χ1n) is 3.34. The lowest BCUT2D eigenvalue weighted by molar-refractivity contribution is 0.256. The predicted octanol–water partition coefficient (Wildman–Crippen LogP) is -0.623. The van der Waals surface area contributed by atoms with E-state index >= 15 is 0 Å². The molecule has 0 spiro atoms. The first kappa shape index (κ1) is 8.91. The van der Waals surface area contributed by atoms with Crippen molar-refractivity contribution in [1.29, 1.82) is 0 Å². The van der Waals surface area contributed by atoms with Crippen LogP contribution in [0.3, 0.4) is 0 Å². The summed E-state index contributed by atoms with van der Waals surface area (Å²) in [5, 5.41) is 0. The van der Waals surface area contributed by atoms with Gasteiger partial charge in [0.2, 0.25) is 0 Å². The number of hydrogen-bond acceptors (Lipinski definition) is 4. The lowest BCUT2D eigenvalue weighted by Crippen LogP contribution is -2.18. The van der Waals surface area contributed by atoms with Crippen molar-refractivity contribution in [2.24, 2.45) is 11.5 Å². The van der Waals surface area contributed by atoms with Crippen LogP contribution in [-0.4, -0.2) is 26.0 Å². The molecule has 0 saturated heterocycles. The third kappa shape index (κ3) is 2.73. The van der Waals surface area contributed by atoms with Crippen molar-refractivity contribution in [3.63, 3.8) is 0 Å². The van der Waals surface area contributed by atoms with Crippen molar-refractivity contribution in [3.05, 3.63) is 18.9 Å². The summed E-state index contributed by atoms with van der Waals surface area (Å²) >= 11 is 0. The van der Waals surface area contributed by atoms with Gasteiger partial charge in [0, 0.05) is 0 Å². The summed E-state index contributed by atoms with van der Waals surface area (Å²) in [6, 6.07) is -0.833. The van der Waals surface area contributed by atoms with Crippen molar-refractivity contribution < 1.29 is 4.79 Å². The fourth-order valence-corrected chi connectivity index (χ4v) is 0.691. The minimum absolute atomic E-state index is 0.713. The van der Waals surface area contributed by atoms with Crippen LogP contribution in [0.4, 0.5) is 4.79 Å². The SMILES string of the molecule is NC(N)=O.c1ncc2[nH]cnc2n1. The molecule has 0 bridgehead atoms. The second-order valence-electron chi connectivity index (χ2n) is 2.06. The number of imidazole rings is 1. The van der Waals surface area contributed by atoms with Gasteiger partial charge in [0.05, 0.1) is 12.5 Å². The number of aromatic amines is 1. The van der Waals surface area contributed by atoms with Crippen LogP contribution < -0.4 is 11.5 Å². The van der Waals surface area contributed by atoms with Gasteiger partial charge in [-0.05, 0) is 0 Å². The summed E-state index contributed by atoms with van der Waals surface area (Å²) in [5.74, 6) is 0. The van der Waals surface area contributed by atoms with E-state index in [9.17, 15) is 0 Å². The maximum absolute atomic E-state index is 9.00. The quantitative estimate of drug-likeness (QED) is 0.499. The molecule has 0 aliphatic carbocycles. The maximum Gasteiger partial charge on any atom is 0.309 e. The lowest BCUT2D eigenvalue weighted by atomic mass is 10.6. The first-order chi connectivity index (χ1) is 6.20. The summed E-state index contributed by atoms with van der Waals surface area (Å²) < 4.78 is 0. The Hall–Kier alpha value is -2.18. The van der Waals surface area contributed by atoms with E-state index in [-0.39, 0.29) is 0 Å². The lowest BCUT2D eigenvalue weighted by Gasteiger charge is -1.80. The van der Waals surface area contributed by atoms with Crippen molar-refractivity contribution in [2.75, 3.05) is 0 Å². The van der Waals surface area contributed by atoms with Gasteiger partial charge in [-0.25, -0.2) is 19.7 Å². The number of amides is 2. The number of urea groups is 1. The number of carbonyl (C=O) groups is 1. The highest BCUT2D eigenvalue weighted by Crippen LogP contribution is 1.99. The summed E-state index contributed by atoms with van der Waals surface area (Å²) in [6.07, 6.45) is 4.76. The number of rotatable bonds is 0. The van der Waals surface area contributed by atoms with Crippen LogP contribution in [0.15, 0.2) is 18.9 Å². The average Bonchev–Trinajstić information content (AvgIpc) is 2.49. The van der Waals surface area contributed by atoms with Crippen molar-refractivity contribution >= 4 is 17.2 Å². The molecule has 7 heteroatoms. The van der Waals surface area contributed by atoms with E-state index in [1.165, 1.54) is 6.33 Å². The van der Waals surface area contributed by atoms with Crippen LogP contribution in [0.2, 0.25) is 0 Å². The molecule has 0 fully saturated rings. The minimum atomic E-state index is -0.833. The molecule has 0 aliphatic rings. The largest absolute Gasteiger partial charge is 0.352 e. The zero-order chi connectivity index (χ0) is 9.68. The molecule has 5 N–H and O–H groups in total. The summed E-state index contributed by atoms with van der Waals surface area (Å²) in [4.78, 5) is 23.5. The van der Waals surface area contributed by atoms with Crippen LogP contribution >= 0.6 is 0 Å². The van der Waals surface area contributed by atoms with E-state index < -0.39 is 6.03 Å². The van der Waals surface area contributed by atoms with Gasteiger partial charge in [0.15, 0.2) is 5.65 Å². The van der Waals surface area contributed by atoms with E-state index in [4.69, 9.17) is 4.79 Å². The number of carbonyl (C=O) groups excluding carboxylic acids is 1. The average molecular weight is 180 g/mol. The van der Waals surface area contributed by atoms with Gasteiger partial charge in [-0.3, -0.25) is 0 Å². The highest BCUT2D eigenvalue weighted by molar-refractivity contribution is 5.69. The Labute approximate surface area is 73.2 Å². The first-order valence-corrected chi connectivity index (χ1v) is 3.34. The molecule has 0 unspecified atom stereocenters. The van der Waals surface area contributed by atoms with Crippen molar-refractivity contribution in [3.8, 4) is 0 Å². The van der Waals surface area contributed by atoms with Crippen LogP contribution in [0, 0.1) is 0 Å². The number of aromatic nitrogens is 4. The van der Waals surface area contributed by atoms with Crippen molar-refractivity contribution in [2.45, 2.75) is 0 Å². The molecule has 0 radical (unpaired) electrons. The van der Waals surface area contributed by atoms with Gasteiger partial charge in [0.25, 0.3) is 0 Å². The Morgan fingerprint density at radius 3 is 2.69 bits per heavy atom. The van der Waals surface area contributed by atoms with Gasteiger partial charge in [-0.15, -0.1) is 0 Å². The molecular formula is C6H8N6O. The van der Waals surface area contributed by atoms with Crippen LogP contribution in [-0.2, 0) is 0 Å². The Bertz CT molecular complexity index is 362. The van der Waals surface area contributed by atoms with Crippen LogP contribution in [0.5, 0.6) is 0 Å². The fraction of sp³-hybridized carbons (Fsp3) is 0. The summed E-state index contributed by atoms with van der Waals surface area (Å²) in [5.41, 5.74) is 10.1. The second kappa shape index (κ2) is 4.00. The van der Waals surface area contributed by atoms with Gasteiger partial charge < -0.3 is 16.5 Å². The molecule has 2 amide bonds.